The van der Waals surface area contributed by atoms with E-state index in [4.69, 9.17) is 9.47 Å². The molecule has 2 N–H and O–H groups in total. The minimum absolute atomic E-state index is 0. The lowest BCUT2D eigenvalue weighted by atomic mass is 9.77. The molecule has 0 amide bonds. The Morgan fingerprint density at radius 2 is 1.96 bits per heavy atom. The summed E-state index contributed by atoms with van der Waals surface area (Å²) in [5, 5.41) is 13.7. The molecule has 0 saturated carbocycles. The van der Waals surface area contributed by atoms with Gasteiger partial charge in [0.1, 0.15) is 11.5 Å². The standard InChI is InChI=1S/C23H29NO3.ClH/c1-16(2)27-21-10-9-19(25)13-20(21)18-14-23(26-15-18)11-6-12-24-22(23)17-7-4-3-5-8-17;/h3-5,7-10,13,16,18,22,24-25H,6,11-12,14-15H2,1-2H3;1H/t18-,22-,23+;/m0./s1. The molecule has 4 rings (SSSR count). The van der Waals surface area contributed by atoms with Gasteiger partial charge in [-0.2, -0.15) is 0 Å². The van der Waals surface area contributed by atoms with Crippen LogP contribution in [0.2, 0.25) is 0 Å². The summed E-state index contributed by atoms with van der Waals surface area (Å²) in [6, 6.07) is 16.2. The maximum Gasteiger partial charge on any atom is 0.123 e. The molecule has 1 spiro atoms. The molecular formula is C23H30ClNO3. The number of benzene rings is 2. The first-order valence-electron chi connectivity index (χ1n) is 9.99. The van der Waals surface area contributed by atoms with Crippen molar-refractivity contribution in [1.29, 1.82) is 0 Å². The Labute approximate surface area is 173 Å². The largest absolute Gasteiger partial charge is 0.508 e. The van der Waals surface area contributed by atoms with Crippen LogP contribution in [0.15, 0.2) is 48.5 Å². The molecule has 2 aromatic rings. The first-order valence-corrected chi connectivity index (χ1v) is 9.99. The highest BCUT2D eigenvalue weighted by atomic mass is 35.5. The van der Waals surface area contributed by atoms with Gasteiger partial charge in [-0.25, -0.2) is 0 Å². The van der Waals surface area contributed by atoms with Gasteiger partial charge in [-0.15, -0.1) is 12.4 Å². The van der Waals surface area contributed by atoms with Crippen LogP contribution in [0.5, 0.6) is 11.5 Å². The van der Waals surface area contributed by atoms with Gasteiger partial charge in [-0.1, -0.05) is 30.3 Å². The zero-order chi connectivity index (χ0) is 18.9. The quantitative estimate of drug-likeness (QED) is 0.756. The van der Waals surface area contributed by atoms with Gasteiger partial charge in [0, 0.05) is 11.5 Å². The Kier molecular flexibility index (Phi) is 6.54. The SMILES string of the molecule is CC(C)Oc1ccc(O)cc1[C@@H]1CO[C@]2(CCCN[C@H]2c2ccccc2)C1.Cl. The molecule has 2 saturated heterocycles. The van der Waals surface area contributed by atoms with Crippen LogP contribution < -0.4 is 10.1 Å². The van der Waals surface area contributed by atoms with E-state index >= 15 is 0 Å². The van der Waals surface area contributed by atoms with Gasteiger partial charge in [0.15, 0.2) is 0 Å². The summed E-state index contributed by atoms with van der Waals surface area (Å²) in [7, 11) is 0. The number of nitrogens with one attached hydrogen (secondary N) is 1. The van der Waals surface area contributed by atoms with Gasteiger partial charge in [-0.3, -0.25) is 0 Å². The minimum Gasteiger partial charge on any atom is -0.508 e. The van der Waals surface area contributed by atoms with E-state index < -0.39 is 0 Å². The third kappa shape index (κ3) is 4.14. The summed E-state index contributed by atoms with van der Waals surface area (Å²) in [5.74, 6) is 1.36. The van der Waals surface area contributed by atoms with E-state index in [2.05, 4.69) is 35.6 Å². The molecule has 0 aliphatic carbocycles. The second-order valence-electron chi connectivity index (χ2n) is 8.07. The lowest BCUT2D eigenvalue weighted by molar-refractivity contribution is -0.0484. The second kappa shape index (κ2) is 8.73. The fourth-order valence-electron chi connectivity index (χ4n) is 4.62. The molecule has 4 nitrogen and oxygen atoms in total. The number of hydrogen-bond donors (Lipinski definition) is 2. The van der Waals surface area contributed by atoms with Crippen molar-refractivity contribution in [2.75, 3.05) is 13.2 Å². The number of phenolic OH excluding ortho intramolecular Hbond substituents is 1. The van der Waals surface area contributed by atoms with Gasteiger partial charge < -0.3 is 19.9 Å². The predicted octanol–water partition coefficient (Wildman–Crippen LogP) is 4.97. The highest BCUT2D eigenvalue weighted by Crippen LogP contribution is 2.49. The van der Waals surface area contributed by atoms with Crippen molar-refractivity contribution in [2.24, 2.45) is 0 Å². The fraction of sp³-hybridized carbons (Fsp3) is 0.478. The average molecular weight is 404 g/mol. The van der Waals surface area contributed by atoms with E-state index in [1.807, 2.05) is 26.0 Å². The molecule has 2 fully saturated rings. The Morgan fingerprint density at radius 1 is 1.18 bits per heavy atom. The molecular weight excluding hydrogens is 374 g/mol. The van der Waals surface area contributed by atoms with Gasteiger partial charge in [0.25, 0.3) is 0 Å². The van der Waals surface area contributed by atoms with E-state index in [1.54, 1.807) is 6.07 Å². The maximum absolute atomic E-state index is 10.1. The molecule has 3 atom stereocenters. The highest BCUT2D eigenvalue weighted by molar-refractivity contribution is 5.85. The van der Waals surface area contributed by atoms with Gasteiger partial charge in [-0.05, 0) is 63.4 Å². The van der Waals surface area contributed by atoms with Crippen molar-refractivity contribution in [3.63, 3.8) is 0 Å². The number of halogens is 1. The zero-order valence-corrected chi connectivity index (χ0v) is 17.4. The molecule has 0 aromatic heterocycles. The Balaban J connectivity index is 0.00000225. The van der Waals surface area contributed by atoms with Gasteiger partial charge in [0.05, 0.1) is 24.4 Å². The Morgan fingerprint density at radius 3 is 2.71 bits per heavy atom. The van der Waals surface area contributed by atoms with E-state index in [-0.39, 0.29) is 41.8 Å². The first-order chi connectivity index (χ1) is 13.1. The van der Waals surface area contributed by atoms with Gasteiger partial charge in [0.2, 0.25) is 0 Å². The number of piperidine rings is 1. The summed E-state index contributed by atoms with van der Waals surface area (Å²) in [4.78, 5) is 0. The lowest BCUT2D eigenvalue weighted by Crippen LogP contribution is -2.48. The molecule has 0 unspecified atom stereocenters. The predicted molar refractivity (Wildman–Crippen MR) is 114 cm³/mol. The van der Waals surface area contributed by atoms with Crippen LogP contribution in [0.1, 0.15) is 56.2 Å². The molecule has 0 bridgehead atoms. The van der Waals surface area contributed by atoms with Crippen LogP contribution in [0.25, 0.3) is 0 Å². The van der Waals surface area contributed by atoms with Crippen molar-refractivity contribution in [3.8, 4) is 11.5 Å². The third-order valence-corrected chi connectivity index (χ3v) is 5.74. The summed E-state index contributed by atoms with van der Waals surface area (Å²) in [6.07, 6.45) is 3.19. The number of ether oxygens (including phenoxy) is 2. The molecule has 2 aliphatic heterocycles. The first kappa shape index (κ1) is 21.0. The molecule has 2 aromatic carbocycles. The average Bonchev–Trinajstić information content (AvgIpc) is 3.08. The summed E-state index contributed by atoms with van der Waals surface area (Å²) < 4.78 is 12.5. The second-order valence-corrected chi connectivity index (χ2v) is 8.07. The summed E-state index contributed by atoms with van der Waals surface area (Å²) >= 11 is 0. The van der Waals surface area contributed by atoms with Gasteiger partial charge >= 0.3 is 0 Å². The monoisotopic (exact) mass is 403 g/mol. The van der Waals surface area contributed by atoms with Crippen LogP contribution in [0, 0.1) is 0 Å². The molecule has 2 heterocycles. The molecule has 2 aliphatic rings. The van der Waals surface area contributed by atoms with Crippen LogP contribution in [0.3, 0.4) is 0 Å². The fourth-order valence-corrected chi connectivity index (χ4v) is 4.62. The van der Waals surface area contributed by atoms with E-state index in [1.165, 1.54) is 5.56 Å². The van der Waals surface area contributed by atoms with Crippen molar-refractivity contribution < 1.29 is 14.6 Å². The highest BCUT2D eigenvalue weighted by Gasteiger charge is 2.49. The van der Waals surface area contributed by atoms with Crippen LogP contribution in [-0.4, -0.2) is 30.0 Å². The third-order valence-electron chi connectivity index (χ3n) is 5.74. The normalized spacial score (nSPS) is 27.0. The minimum atomic E-state index is -0.204. The van der Waals surface area contributed by atoms with E-state index in [0.717, 1.165) is 37.1 Å². The molecule has 152 valence electrons. The number of rotatable bonds is 4. The molecule has 0 radical (unpaired) electrons. The number of aromatic hydroxyl groups is 1. The van der Waals surface area contributed by atoms with Crippen molar-refractivity contribution in [3.05, 3.63) is 59.7 Å². The van der Waals surface area contributed by atoms with Crippen molar-refractivity contribution in [2.45, 2.75) is 56.8 Å². The topological polar surface area (TPSA) is 50.7 Å². The summed E-state index contributed by atoms with van der Waals surface area (Å²) in [6.45, 7) is 5.73. The Bertz CT molecular complexity index is 783. The number of phenols is 1. The van der Waals surface area contributed by atoms with Crippen molar-refractivity contribution >= 4 is 12.4 Å². The van der Waals surface area contributed by atoms with E-state index in [9.17, 15) is 5.11 Å². The maximum atomic E-state index is 10.1. The molecule has 5 heteroatoms. The Hall–Kier alpha value is -1.75. The lowest BCUT2D eigenvalue weighted by Gasteiger charge is -2.41. The van der Waals surface area contributed by atoms with Crippen LogP contribution in [0.4, 0.5) is 0 Å². The van der Waals surface area contributed by atoms with Crippen molar-refractivity contribution in [1.82, 2.24) is 5.32 Å². The van der Waals surface area contributed by atoms with E-state index in [0.29, 0.717) is 6.61 Å². The summed E-state index contributed by atoms with van der Waals surface area (Å²) in [5.41, 5.74) is 2.13. The number of hydrogen-bond acceptors (Lipinski definition) is 4. The van der Waals surface area contributed by atoms with Crippen LogP contribution >= 0.6 is 12.4 Å². The molecule has 28 heavy (non-hydrogen) atoms. The smallest absolute Gasteiger partial charge is 0.123 e. The van der Waals surface area contributed by atoms with Crippen LogP contribution in [-0.2, 0) is 4.74 Å². The zero-order valence-electron chi connectivity index (χ0n) is 16.6.